The van der Waals surface area contributed by atoms with Crippen LogP contribution < -0.4 is 16.0 Å². The lowest BCUT2D eigenvalue weighted by molar-refractivity contribution is -0.124. The predicted molar refractivity (Wildman–Crippen MR) is 88.8 cm³/mol. The van der Waals surface area contributed by atoms with Gasteiger partial charge >= 0.3 is 0 Å². The zero-order chi connectivity index (χ0) is 16.4. The second kappa shape index (κ2) is 9.83. The van der Waals surface area contributed by atoms with Gasteiger partial charge in [-0.25, -0.2) is 0 Å². The second-order valence-electron chi connectivity index (χ2n) is 4.64. The largest absolute Gasteiger partial charge is 0.355 e. The Kier molecular flexibility index (Phi) is 8.06. The maximum atomic E-state index is 11.7. The molecular weight excluding hydrogens is 302 g/mol. The van der Waals surface area contributed by atoms with Gasteiger partial charge in [0.1, 0.15) is 0 Å². The number of aryl methyl sites for hydroxylation is 1. The average molecular weight is 323 g/mol. The first-order valence-electron chi connectivity index (χ1n) is 6.99. The summed E-state index contributed by atoms with van der Waals surface area (Å²) in [5, 5.41) is 7.83. The molecular formula is C15H21N3O3S. The molecule has 0 saturated carbocycles. The molecule has 0 radical (unpaired) electrons. The number of benzene rings is 1. The van der Waals surface area contributed by atoms with Crippen molar-refractivity contribution in [2.24, 2.45) is 0 Å². The van der Waals surface area contributed by atoms with Gasteiger partial charge in [0.25, 0.3) is 0 Å². The van der Waals surface area contributed by atoms with Gasteiger partial charge in [0.15, 0.2) is 0 Å². The molecule has 0 aliphatic rings. The van der Waals surface area contributed by atoms with Crippen LogP contribution in [0.15, 0.2) is 24.3 Å². The van der Waals surface area contributed by atoms with Crippen LogP contribution in [0.5, 0.6) is 0 Å². The topological polar surface area (TPSA) is 87.3 Å². The molecule has 1 rings (SSSR count). The van der Waals surface area contributed by atoms with E-state index in [1.165, 1.54) is 11.8 Å². The fourth-order valence-electron chi connectivity index (χ4n) is 1.56. The fourth-order valence-corrected chi connectivity index (χ4v) is 2.21. The normalized spacial score (nSPS) is 9.91. The molecule has 1 aromatic carbocycles. The smallest absolute Gasteiger partial charge is 0.239 e. The van der Waals surface area contributed by atoms with Gasteiger partial charge in [0.05, 0.1) is 18.1 Å². The first kappa shape index (κ1) is 18.0. The van der Waals surface area contributed by atoms with E-state index in [4.69, 9.17) is 0 Å². The summed E-state index contributed by atoms with van der Waals surface area (Å²) in [7, 11) is 0. The van der Waals surface area contributed by atoms with Gasteiger partial charge < -0.3 is 16.0 Å². The number of hydrogen-bond acceptors (Lipinski definition) is 4. The maximum Gasteiger partial charge on any atom is 0.239 e. The molecule has 1 aromatic rings. The van der Waals surface area contributed by atoms with Crippen molar-refractivity contribution >= 4 is 35.2 Å². The Morgan fingerprint density at radius 3 is 2.23 bits per heavy atom. The van der Waals surface area contributed by atoms with Crippen LogP contribution in [-0.4, -0.2) is 42.3 Å². The number of amides is 3. The molecule has 0 aliphatic carbocycles. The van der Waals surface area contributed by atoms with Gasteiger partial charge in [-0.2, -0.15) is 0 Å². The molecule has 7 heteroatoms. The summed E-state index contributed by atoms with van der Waals surface area (Å²) in [6, 6.07) is 7.49. The van der Waals surface area contributed by atoms with Gasteiger partial charge in [0.2, 0.25) is 17.7 Å². The van der Waals surface area contributed by atoms with E-state index in [2.05, 4.69) is 16.0 Å². The Labute approximate surface area is 134 Å². The summed E-state index contributed by atoms with van der Waals surface area (Å²) in [6.07, 6.45) is 0. The van der Waals surface area contributed by atoms with Crippen LogP contribution >= 0.6 is 11.8 Å². The van der Waals surface area contributed by atoms with Crippen LogP contribution in [0.1, 0.15) is 12.5 Å². The summed E-state index contributed by atoms with van der Waals surface area (Å²) in [4.78, 5) is 34.3. The Morgan fingerprint density at radius 2 is 1.59 bits per heavy atom. The molecule has 0 saturated heterocycles. The van der Waals surface area contributed by atoms with E-state index in [1.54, 1.807) is 0 Å². The van der Waals surface area contributed by atoms with Gasteiger partial charge in [-0.05, 0) is 26.0 Å². The highest BCUT2D eigenvalue weighted by atomic mass is 32.2. The first-order chi connectivity index (χ1) is 10.5. The van der Waals surface area contributed by atoms with Crippen molar-refractivity contribution < 1.29 is 14.4 Å². The number of nitrogens with one attached hydrogen (secondary N) is 3. The number of anilines is 1. The minimum absolute atomic E-state index is 0.0389. The number of hydrogen-bond donors (Lipinski definition) is 3. The minimum atomic E-state index is -0.264. The van der Waals surface area contributed by atoms with Crippen molar-refractivity contribution in [2.75, 3.05) is 29.9 Å². The SMILES string of the molecule is CCNC(=O)CNC(=O)CSCC(=O)Nc1ccc(C)cc1. The molecule has 22 heavy (non-hydrogen) atoms. The van der Waals surface area contributed by atoms with Crippen molar-refractivity contribution in [3.63, 3.8) is 0 Å². The highest BCUT2D eigenvalue weighted by Gasteiger charge is 2.07. The number of likely N-dealkylation sites (N-methyl/N-ethyl adjacent to an activating group) is 1. The van der Waals surface area contributed by atoms with Crippen molar-refractivity contribution in [3.8, 4) is 0 Å². The molecule has 0 fully saturated rings. The Balaban J connectivity index is 2.17. The number of rotatable bonds is 8. The molecule has 0 spiro atoms. The third-order valence-electron chi connectivity index (χ3n) is 2.62. The van der Waals surface area contributed by atoms with Crippen molar-refractivity contribution in [1.29, 1.82) is 0 Å². The third-order valence-corrected chi connectivity index (χ3v) is 3.55. The van der Waals surface area contributed by atoms with E-state index in [9.17, 15) is 14.4 Å². The lowest BCUT2D eigenvalue weighted by Gasteiger charge is -2.06. The Morgan fingerprint density at radius 1 is 0.955 bits per heavy atom. The molecule has 0 aliphatic heterocycles. The van der Waals surface area contributed by atoms with Gasteiger partial charge in [0, 0.05) is 12.2 Å². The van der Waals surface area contributed by atoms with Crippen LogP contribution in [0.2, 0.25) is 0 Å². The fraction of sp³-hybridized carbons (Fsp3) is 0.400. The van der Waals surface area contributed by atoms with Gasteiger partial charge in [-0.15, -0.1) is 11.8 Å². The third kappa shape index (κ3) is 7.68. The van der Waals surface area contributed by atoms with Crippen molar-refractivity contribution in [3.05, 3.63) is 29.8 Å². The molecule has 0 bridgehead atoms. The quantitative estimate of drug-likeness (QED) is 0.664. The summed E-state index contributed by atoms with van der Waals surface area (Å²) < 4.78 is 0. The van der Waals surface area contributed by atoms with Gasteiger partial charge in [-0.3, -0.25) is 14.4 Å². The monoisotopic (exact) mass is 323 g/mol. The van der Waals surface area contributed by atoms with Crippen LogP contribution in [0.25, 0.3) is 0 Å². The Hall–Kier alpha value is -2.02. The van der Waals surface area contributed by atoms with E-state index in [0.717, 1.165) is 11.3 Å². The first-order valence-corrected chi connectivity index (χ1v) is 8.14. The maximum absolute atomic E-state index is 11.7. The minimum Gasteiger partial charge on any atom is -0.355 e. The van der Waals surface area contributed by atoms with Crippen LogP contribution in [-0.2, 0) is 14.4 Å². The second-order valence-corrected chi connectivity index (χ2v) is 5.62. The molecule has 3 N–H and O–H groups in total. The van der Waals surface area contributed by atoms with Crippen LogP contribution in [0.3, 0.4) is 0 Å². The van der Waals surface area contributed by atoms with E-state index < -0.39 is 0 Å². The number of carbonyl (C=O) groups is 3. The zero-order valence-electron chi connectivity index (χ0n) is 12.8. The summed E-state index contributed by atoms with van der Waals surface area (Å²) in [5.41, 5.74) is 1.85. The van der Waals surface area contributed by atoms with Crippen LogP contribution in [0, 0.1) is 6.92 Å². The van der Waals surface area contributed by atoms with E-state index in [0.29, 0.717) is 6.54 Å². The predicted octanol–water partition coefficient (Wildman–Crippen LogP) is 0.919. The number of carbonyl (C=O) groups excluding carboxylic acids is 3. The molecule has 3 amide bonds. The number of thioether (sulfide) groups is 1. The summed E-state index contributed by atoms with van der Waals surface area (Å²) >= 11 is 1.20. The van der Waals surface area contributed by atoms with E-state index >= 15 is 0 Å². The van der Waals surface area contributed by atoms with Crippen molar-refractivity contribution in [2.45, 2.75) is 13.8 Å². The Bertz CT molecular complexity index is 517. The zero-order valence-corrected chi connectivity index (χ0v) is 13.6. The molecule has 0 aromatic heterocycles. The lowest BCUT2D eigenvalue weighted by atomic mass is 10.2. The molecule has 6 nitrogen and oxygen atoms in total. The molecule has 120 valence electrons. The van der Waals surface area contributed by atoms with E-state index in [-0.39, 0.29) is 35.8 Å². The van der Waals surface area contributed by atoms with Gasteiger partial charge in [-0.1, -0.05) is 17.7 Å². The summed E-state index contributed by atoms with van der Waals surface area (Å²) in [5.74, 6) is -0.328. The summed E-state index contributed by atoms with van der Waals surface area (Å²) in [6.45, 7) is 4.27. The van der Waals surface area contributed by atoms with Crippen molar-refractivity contribution in [1.82, 2.24) is 10.6 Å². The molecule has 0 atom stereocenters. The molecule has 0 unspecified atom stereocenters. The van der Waals surface area contributed by atoms with Crippen LogP contribution in [0.4, 0.5) is 5.69 Å². The molecule has 0 heterocycles. The standard InChI is InChI=1S/C15H21N3O3S/c1-3-16-13(19)8-17-14(20)9-22-10-15(21)18-12-6-4-11(2)5-7-12/h4-7H,3,8-10H2,1-2H3,(H,16,19)(H,17,20)(H,18,21). The average Bonchev–Trinajstić information content (AvgIpc) is 2.48. The highest BCUT2D eigenvalue weighted by molar-refractivity contribution is 8.00. The highest BCUT2D eigenvalue weighted by Crippen LogP contribution is 2.09. The van der Waals surface area contributed by atoms with E-state index in [1.807, 2.05) is 38.1 Å². The lowest BCUT2D eigenvalue weighted by Crippen LogP contribution is -2.37.